The predicted octanol–water partition coefficient (Wildman–Crippen LogP) is 4.12. The molecule has 1 atom stereocenters. The lowest BCUT2D eigenvalue weighted by Gasteiger charge is -2.25. The number of rotatable bonds is 5. The molecule has 1 aromatic rings. The summed E-state index contributed by atoms with van der Waals surface area (Å²) in [6.07, 6.45) is -6.02. The second-order valence-corrected chi connectivity index (χ2v) is 6.99. The summed E-state index contributed by atoms with van der Waals surface area (Å²) < 4.78 is 78.0. The van der Waals surface area contributed by atoms with Gasteiger partial charge < -0.3 is 5.11 Å². The molecule has 130 valence electrons. The molecule has 0 aromatic heterocycles. The standard InChI is InChI=1S/C14H15F5O3S/c1-4-8-9(12(20)21)5-6-10(11(8)23(22)7(2)3)13(15,16)14(17,18)19/h5-7H,4H2,1-3H3,(H,20,21)/t23-/m1/s1. The van der Waals surface area contributed by atoms with Crippen LogP contribution in [0.2, 0.25) is 0 Å². The van der Waals surface area contributed by atoms with Gasteiger partial charge in [-0.2, -0.15) is 22.0 Å². The third kappa shape index (κ3) is 3.54. The smallest absolute Gasteiger partial charge is 0.458 e. The summed E-state index contributed by atoms with van der Waals surface area (Å²) in [6, 6.07) is 1.09. The van der Waals surface area contributed by atoms with Gasteiger partial charge in [0.1, 0.15) is 0 Å². The normalized spacial score (nSPS) is 14.1. The predicted molar refractivity (Wildman–Crippen MR) is 74.3 cm³/mol. The zero-order valence-electron chi connectivity index (χ0n) is 12.5. The number of carboxylic acids is 1. The molecule has 9 heteroatoms. The first-order valence-corrected chi connectivity index (χ1v) is 7.82. The Morgan fingerprint density at radius 1 is 1.22 bits per heavy atom. The van der Waals surface area contributed by atoms with Crippen LogP contribution in [0.4, 0.5) is 22.0 Å². The van der Waals surface area contributed by atoms with Crippen molar-refractivity contribution in [3.05, 3.63) is 28.8 Å². The van der Waals surface area contributed by atoms with Gasteiger partial charge in [0.15, 0.2) is 0 Å². The molecule has 1 aromatic carbocycles. The van der Waals surface area contributed by atoms with Crippen molar-refractivity contribution >= 4 is 16.8 Å². The lowest BCUT2D eigenvalue weighted by atomic mass is 9.98. The summed E-state index contributed by atoms with van der Waals surface area (Å²) >= 11 is 0. The SMILES string of the molecule is CCc1c(C(=O)O)ccc(C(F)(F)C(F)(F)F)c1[S@](=O)C(C)C. The first kappa shape index (κ1) is 19.5. The Labute approximate surface area is 132 Å². The number of carbonyl (C=O) groups is 1. The van der Waals surface area contributed by atoms with E-state index in [1.807, 2.05) is 0 Å². The van der Waals surface area contributed by atoms with Gasteiger partial charge in [0.05, 0.1) is 21.3 Å². The molecule has 0 bridgehead atoms. The molecule has 0 aliphatic carbocycles. The highest BCUT2D eigenvalue weighted by Crippen LogP contribution is 2.47. The number of halogens is 5. The van der Waals surface area contributed by atoms with Gasteiger partial charge >= 0.3 is 18.1 Å². The van der Waals surface area contributed by atoms with E-state index in [1.54, 1.807) is 0 Å². The highest BCUT2D eigenvalue weighted by Gasteiger charge is 2.60. The van der Waals surface area contributed by atoms with Gasteiger partial charge in [-0.25, -0.2) is 4.79 Å². The minimum Gasteiger partial charge on any atom is -0.478 e. The van der Waals surface area contributed by atoms with Crippen LogP contribution in [-0.4, -0.2) is 26.7 Å². The van der Waals surface area contributed by atoms with E-state index in [4.69, 9.17) is 5.11 Å². The molecular formula is C14H15F5O3S. The zero-order valence-corrected chi connectivity index (χ0v) is 13.3. The number of carboxylic acid groups (broad SMARTS) is 1. The Kier molecular flexibility index (Phi) is 5.56. The van der Waals surface area contributed by atoms with Crippen molar-refractivity contribution in [1.82, 2.24) is 0 Å². The lowest BCUT2D eigenvalue weighted by Crippen LogP contribution is -2.35. The highest BCUT2D eigenvalue weighted by molar-refractivity contribution is 7.85. The van der Waals surface area contributed by atoms with Crippen LogP contribution < -0.4 is 0 Å². The molecule has 0 radical (unpaired) electrons. The molecule has 1 N–H and O–H groups in total. The first-order valence-electron chi connectivity index (χ1n) is 6.61. The van der Waals surface area contributed by atoms with Crippen LogP contribution >= 0.6 is 0 Å². The molecule has 0 spiro atoms. The minimum atomic E-state index is -5.88. The topological polar surface area (TPSA) is 54.4 Å². The van der Waals surface area contributed by atoms with Gasteiger partial charge in [-0.15, -0.1) is 0 Å². The molecule has 0 amide bonds. The summed E-state index contributed by atoms with van der Waals surface area (Å²) in [5.74, 6) is -6.71. The molecule has 0 unspecified atom stereocenters. The van der Waals surface area contributed by atoms with Gasteiger partial charge in [0.2, 0.25) is 0 Å². The Morgan fingerprint density at radius 3 is 2.09 bits per heavy atom. The molecule has 0 saturated heterocycles. The third-order valence-corrected chi connectivity index (χ3v) is 4.89. The Balaban J connectivity index is 3.86. The first-order chi connectivity index (χ1) is 10.4. The van der Waals surface area contributed by atoms with Crippen molar-refractivity contribution < 1.29 is 36.1 Å². The van der Waals surface area contributed by atoms with Gasteiger partial charge in [0, 0.05) is 10.8 Å². The van der Waals surface area contributed by atoms with Gasteiger partial charge in [-0.05, 0) is 18.1 Å². The number of hydrogen-bond acceptors (Lipinski definition) is 2. The van der Waals surface area contributed by atoms with Crippen molar-refractivity contribution in [3.63, 3.8) is 0 Å². The Morgan fingerprint density at radius 2 is 1.74 bits per heavy atom. The van der Waals surface area contributed by atoms with E-state index in [-0.39, 0.29) is 12.0 Å². The van der Waals surface area contributed by atoms with Crippen molar-refractivity contribution in [1.29, 1.82) is 0 Å². The van der Waals surface area contributed by atoms with E-state index in [0.29, 0.717) is 12.1 Å². The molecule has 0 aliphatic rings. The van der Waals surface area contributed by atoms with Crippen molar-refractivity contribution in [3.8, 4) is 0 Å². The maximum atomic E-state index is 13.8. The largest absolute Gasteiger partial charge is 0.478 e. The van der Waals surface area contributed by atoms with Crippen LogP contribution in [0.25, 0.3) is 0 Å². The van der Waals surface area contributed by atoms with Crippen molar-refractivity contribution in [2.24, 2.45) is 0 Å². The highest BCUT2D eigenvalue weighted by atomic mass is 32.2. The summed E-state index contributed by atoms with van der Waals surface area (Å²) in [5.41, 5.74) is -2.16. The number of aromatic carboxylic acids is 1. The van der Waals surface area contributed by atoms with Crippen LogP contribution in [0.1, 0.15) is 42.3 Å². The van der Waals surface area contributed by atoms with E-state index in [1.165, 1.54) is 20.8 Å². The number of benzene rings is 1. The summed E-state index contributed by atoms with van der Waals surface area (Å²) in [4.78, 5) is 10.4. The molecule has 0 aliphatic heterocycles. The van der Waals surface area contributed by atoms with Crippen molar-refractivity contribution in [2.75, 3.05) is 0 Å². The summed E-state index contributed by atoms with van der Waals surface area (Å²) in [7, 11) is -2.21. The molecular weight excluding hydrogens is 343 g/mol. The third-order valence-electron chi connectivity index (χ3n) is 3.17. The van der Waals surface area contributed by atoms with Crippen molar-refractivity contribution in [2.45, 2.75) is 49.4 Å². The van der Waals surface area contributed by atoms with E-state index >= 15 is 0 Å². The Bertz CT molecular complexity index is 638. The molecule has 1 rings (SSSR count). The fraction of sp³-hybridized carbons (Fsp3) is 0.500. The van der Waals surface area contributed by atoms with E-state index in [0.717, 1.165) is 0 Å². The van der Waals surface area contributed by atoms with Gasteiger partial charge in [0.25, 0.3) is 0 Å². The number of alkyl halides is 5. The van der Waals surface area contributed by atoms with E-state index < -0.39 is 50.1 Å². The maximum absolute atomic E-state index is 13.8. The lowest BCUT2D eigenvalue weighted by molar-refractivity contribution is -0.290. The van der Waals surface area contributed by atoms with Gasteiger partial charge in [-0.1, -0.05) is 26.8 Å². The van der Waals surface area contributed by atoms with Crippen LogP contribution in [0.5, 0.6) is 0 Å². The molecule has 0 heterocycles. The molecule has 3 nitrogen and oxygen atoms in total. The fourth-order valence-corrected chi connectivity index (χ4v) is 3.43. The van der Waals surface area contributed by atoms with Crippen LogP contribution in [0, 0.1) is 0 Å². The fourth-order valence-electron chi connectivity index (χ4n) is 2.04. The minimum absolute atomic E-state index is 0.142. The summed E-state index contributed by atoms with van der Waals surface area (Å²) in [5, 5.41) is 8.33. The second kappa shape index (κ2) is 6.54. The Hall–Kier alpha value is -1.51. The van der Waals surface area contributed by atoms with Crippen LogP contribution in [-0.2, 0) is 23.1 Å². The van der Waals surface area contributed by atoms with Crippen LogP contribution in [0.15, 0.2) is 17.0 Å². The number of hydrogen-bond donors (Lipinski definition) is 1. The average Bonchev–Trinajstić information content (AvgIpc) is 2.43. The molecule has 23 heavy (non-hydrogen) atoms. The van der Waals surface area contributed by atoms with E-state index in [9.17, 15) is 31.0 Å². The van der Waals surface area contributed by atoms with Crippen LogP contribution in [0.3, 0.4) is 0 Å². The zero-order chi connectivity index (χ0) is 18.2. The molecule has 0 fully saturated rings. The monoisotopic (exact) mass is 358 g/mol. The second-order valence-electron chi connectivity index (χ2n) is 5.05. The quantitative estimate of drug-likeness (QED) is 0.806. The van der Waals surface area contributed by atoms with Gasteiger partial charge in [-0.3, -0.25) is 4.21 Å². The summed E-state index contributed by atoms with van der Waals surface area (Å²) in [6.45, 7) is 4.18. The van der Waals surface area contributed by atoms with E-state index in [2.05, 4.69) is 0 Å². The average molecular weight is 358 g/mol. The molecule has 0 saturated carbocycles. The maximum Gasteiger partial charge on any atom is 0.458 e.